The molecule has 0 aromatic heterocycles. The lowest BCUT2D eigenvalue weighted by Gasteiger charge is -2.03. The van der Waals surface area contributed by atoms with Gasteiger partial charge in [-0.3, -0.25) is 0 Å². The zero-order chi connectivity index (χ0) is 8.72. The van der Waals surface area contributed by atoms with E-state index >= 15 is 0 Å². The van der Waals surface area contributed by atoms with Gasteiger partial charge in [0.2, 0.25) is 0 Å². The van der Waals surface area contributed by atoms with Crippen LogP contribution >= 0.6 is 0 Å². The largest absolute Gasteiger partial charge is 0.493 e. The van der Waals surface area contributed by atoms with Gasteiger partial charge in [-0.25, -0.2) is 4.39 Å². The SMILES string of the molecule is OB1OC(O)c2c(F)cccc21. The van der Waals surface area contributed by atoms with E-state index in [1.165, 1.54) is 18.2 Å². The molecule has 1 aromatic carbocycles. The van der Waals surface area contributed by atoms with Gasteiger partial charge in [0.15, 0.2) is 6.29 Å². The molecule has 0 fully saturated rings. The fraction of sp³-hybridized carbons (Fsp3) is 0.143. The molecule has 62 valence electrons. The molecule has 1 unspecified atom stereocenters. The van der Waals surface area contributed by atoms with Gasteiger partial charge in [-0.15, -0.1) is 0 Å². The summed E-state index contributed by atoms with van der Waals surface area (Å²) in [5, 5.41) is 18.2. The van der Waals surface area contributed by atoms with Crippen molar-refractivity contribution in [3.63, 3.8) is 0 Å². The molecular weight excluding hydrogens is 162 g/mol. The van der Waals surface area contributed by atoms with E-state index in [1.54, 1.807) is 0 Å². The Bertz CT molecular complexity index is 318. The number of benzene rings is 1. The van der Waals surface area contributed by atoms with Gasteiger partial charge >= 0.3 is 7.12 Å². The molecule has 0 bridgehead atoms. The second kappa shape index (κ2) is 2.55. The molecular formula is C7H6BFO3. The van der Waals surface area contributed by atoms with E-state index in [4.69, 9.17) is 10.1 Å². The molecule has 0 spiro atoms. The van der Waals surface area contributed by atoms with Gasteiger partial charge in [0.1, 0.15) is 5.82 Å². The Kier molecular flexibility index (Phi) is 1.64. The number of aliphatic hydroxyl groups is 1. The van der Waals surface area contributed by atoms with Crippen LogP contribution in [0.2, 0.25) is 0 Å². The van der Waals surface area contributed by atoms with Crippen LogP contribution in [0.25, 0.3) is 0 Å². The van der Waals surface area contributed by atoms with Gasteiger partial charge in [-0.1, -0.05) is 12.1 Å². The van der Waals surface area contributed by atoms with Crippen molar-refractivity contribution in [3.05, 3.63) is 29.6 Å². The minimum atomic E-state index is -1.35. The van der Waals surface area contributed by atoms with Crippen molar-refractivity contribution in [2.24, 2.45) is 0 Å². The van der Waals surface area contributed by atoms with Gasteiger partial charge in [0.25, 0.3) is 0 Å². The fourth-order valence-corrected chi connectivity index (χ4v) is 1.29. The van der Waals surface area contributed by atoms with Crippen LogP contribution in [0.15, 0.2) is 18.2 Å². The second-order valence-electron chi connectivity index (χ2n) is 2.58. The number of hydrogen-bond acceptors (Lipinski definition) is 3. The first-order valence-corrected chi connectivity index (χ1v) is 3.50. The van der Waals surface area contributed by atoms with Gasteiger partial charge < -0.3 is 14.8 Å². The van der Waals surface area contributed by atoms with Crippen LogP contribution in [0.1, 0.15) is 11.9 Å². The predicted molar refractivity (Wildman–Crippen MR) is 40.1 cm³/mol. The third-order valence-electron chi connectivity index (χ3n) is 1.86. The first-order chi connectivity index (χ1) is 5.70. The molecule has 0 amide bonds. The third-order valence-corrected chi connectivity index (χ3v) is 1.86. The van der Waals surface area contributed by atoms with E-state index in [0.29, 0.717) is 5.46 Å². The van der Waals surface area contributed by atoms with Crippen LogP contribution in [0.4, 0.5) is 4.39 Å². The Hall–Kier alpha value is -0.905. The van der Waals surface area contributed by atoms with Gasteiger partial charge in [-0.2, -0.15) is 0 Å². The summed E-state index contributed by atoms with van der Waals surface area (Å²) >= 11 is 0. The molecule has 1 aromatic rings. The molecule has 0 aliphatic carbocycles. The lowest BCUT2D eigenvalue weighted by Crippen LogP contribution is -2.28. The summed E-state index contributed by atoms with van der Waals surface area (Å²) in [5.41, 5.74) is 0.326. The highest BCUT2D eigenvalue weighted by Gasteiger charge is 2.35. The van der Waals surface area contributed by atoms with Crippen molar-refractivity contribution in [3.8, 4) is 0 Å². The molecule has 0 radical (unpaired) electrons. The molecule has 1 aliphatic heterocycles. The van der Waals surface area contributed by atoms with E-state index in [2.05, 4.69) is 4.65 Å². The molecule has 3 nitrogen and oxygen atoms in total. The Morgan fingerprint density at radius 1 is 1.50 bits per heavy atom. The normalized spacial score (nSPS) is 21.2. The molecule has 1 aliphatic rings. The van der Waals surface area contributed by atoms with E-state index < -0.39 is 19.2 Å². The van der Waals surface area contributed by atoms with Gasteiger partial charge in [-0.05, 0) is 11.5 Å². The van der Waals surface area contributed by atoms with E-state index in [1.807, 2.05) is 0 Å². The Labute approximate surface area is 68.6 Å². The third kappa shape index (κ3) is 0.946. The number of fused-ring (bicyclic) bond motifs is 1. The number of rotatable bonds is 0. The summed E-state index contributed by atoms with van der Waals surface area (Å²) in [7, 11) is -1.22. The summed E-state index contributed by atoms with van der Waals surface area (Å²) in [5.74, 6) is -0.559. The topological polar surface area (TPSA) is 49.7 Å². The number of halogens is 1. The van der Waals surface area contributed by atoms with E-state index in [9.17, 15) is 4.39 Å². The monoisotopic (exact) mass is 168 g/mol. The zero-order valence-electron chi connectivity index (χ0n) is 6.07. The maximum absolute atomic E-state index is 13.0. The standard InChI is InChI=1S/C7H6BFO3/c9-5-3-1-2-4-6(5)7(10)12-8(4)11/h1-3,7,10-11H. The smallest absolute Gasteiger partial charge is 0.423 e. The van der Waals surface area contributed by atoms with E-state index in [-0.39, 0.29) is 5.56 Å². The summed E-state index contributed by atoms with van der Waals surface area (Å²) < 4.78 is 17.5. The second-order valence-corrected chi connectivity index (χ2v) is 2.58. The quantitative estimate of drug-likeness (QED) is 0.515. The molecule has 0 saturated heterocycles. The number of aliphatic hydroxyl groups excluding tert-OH is 1. The molecule has 12 heavy (non-hydrogen) atoms. The fourth-order valence-electron chi connectivity index (χ4n) is 1.29. The highest BCUT2D eigenvalue weighted by Crippen LogP contribution is 2.22. The summed E-state index contributed by atoms with van der Waals surface area (Å²) in [6.45, 7) is 0. The van der Waals surface area contributed by atoms with Crippen molar-refractivity contribution in [2.75, 3.05) is 0 Å². The molecule has 2 N–H and O–H groups in total. The maximum Gasteiger partial charge on any atom is 0.493 e. The molecule has 2 rings (SSSR count). The highest BCUT2D eigenvalue weighted by molar-refractivity contribution is 6.61. The van der Waals surface area contributed by atoms with Crippen molar-refractivity contribution in [1.82, 2.24) is 0 Å². The first-order valence-electron chi connectivity index (χ1n) is 3.50. The van der Waals surface area contributed by atoms with Crippen LogP contribution < -0.4 is 5.46 Å². The molecule has 0 saturated carbocycles. The van der Waals surface area contributed by atoms with Crippen molar-refractivity contribution < 1.29 is 19.2 Å². The van der Waals surface area contributed by atoms with E-state index in [0.717, 1.165) is 0 Å². The van der Waals surface area contributed by atoms with Crippen LogP contribution in [-0.4, -0.2) is 17.2 Å². The summed E-state index contributed by atoms with van der Waals surface area (Å²) in [6, 6.07) is 4.18. The van der Waals surface area contributed by atoms with Crippen molar-refractivity contribution in [1.29, 1.82) is 0 Å². The summed E-state index contributed by atoms with van der Waals surface area (Å²) in [6.07, 6.45) is -1.35. The molecule has 1 heterocycles. The lowest BCUT2D eigenvalue weighted by atomic mass is 9.79. The predicted octanol–water partition coefficient (Wildman–Crippen LogP) is -0.466. The van der Waals surface area contributed by atoms with Crippen LogP contribution in [0.5, 0.6) is 0 Å². The summed E-state index contributed by atoms with van der Waals surface area (Å²) in [4.78, 5) is 0. The van der Waals surface area contributed by atoms with Crippen LogP contribution in [-0.2, 0) is 4.65 Å². The first kappa shape index (κ1) is 7.73. The maximum atomic E-state index is 13.0. The highest BCUT2D eigenvalue weighted by atomic mass is 19.1. The number of hydrogen-bond donors (Lipinski definition) is 2. The van der Waals surface area contributed by atoms with Crippen LogP contribution in [0.3, 0.4) is 0 Å². The minimum absolute atomic E-state index is 0.0324. The van der Waals surface area contributed by atoms with Gasteiger partial charge in [0, 0.05) is 5.56 Å². The lowest BCUT2D eigenvalue weighted by molar-refractivity contribution is -0.0240. The average Bonchev–Trinajstić information content (AvgIpc) is 2.29. The van der Waals surface area contributed by atoms with Gasteiger partial charge in [0.05, 0.1) is 0 Å². The van der Waals surface area contributed by atoms with Crippen molar-refractivity contribution >= 4 is 12.6 Å². The average molecular weight is 168 g/mol. The minimum Gasteiger partial charge on any atom is -0.423 e. The molecule has 1 atom stereocenters. The Morgan fingerprint density at radius 3 is 2.92 bits per heavy atom. The van der Waals surface area contributed by atoms with Crippen LogP contribution in [0, 0.1) is 5.82 Å². The zero-order valence-corrected chi connectivity index (χ0v) is 6.07. The van der Waals surface area contributed by atoms with Crippen molar-refractivity contribution in [2.45, 2.75) is 6.29 Å². The molecule has 5 heteroatoms. The Balaban J connectivity index is 2.59. The Morgan fingerprint density at radius 2 is 2.25 bits per heavy atom.